The van der Waals surface area contributed by atoms with Crippen molar-refractivity contribution in [2.75, 3.05) is 27.9 Å². The Hall–Kier alpha value is -4.67. The molecule has 5 rings (SSSR count). The first kappa shape index (κ1) is 31.7. The summed E-state index contributed by atoms with van der Waals surface area (Å²) in [4.78, 5) is 39.3. The van der Waals surface area contributed by atoms with Crippen molar-refractivity contribution >= 4 is 57.2 Å². The van der Waals surface area contributed by atoms with Crippen molar-refractivity contribution in [3.63, 3.8) is 0 Å². The summed E-state index contributed by atoms with van der Waals surface area (Å²) in [6, 6.07) is 16.5. The van der Waals surface area contributed by atoms with Crippen LogP contribution in [0.2, 0.25) is 0 Å². The largest absolute Gasteiger partial charge is 0.494 e. The first-order valence-corrected chi connectivity index (χ1v) is 16.1. The molecule has 2 aliphatic rings. The lowest BCUT2D eigenvalue weighted by atomic mass is 9.68. The van der Waals surface area contributed by atoms with Crippen molar-refractivity contribution in [3.8, 4) is 11.8 Å². The quantitative estimate of drug-likeness (QED) is 0.251. The molecular formula is C32H33N7O4S2. The molecule has 232 valence electrons. The zero-order valence-electron chi connectivity index (χ0n) is 25.3. The lowest BCUT2D eigenvalue weighted by Gasteiger charge is -2.42. The molecule has 0 bridgehead atoms. The van der Waals surface area contributed by atoms with E-state index in [0.717, 1.165) is 5.56 Å². The van der Waals surface area contributed by atoms with E-state index >= 15 is 0 Å². The summed E-state index contributed by atoms with van der Waals surface area (Å²) in [5.41, 5.74) is 9.91. The highest BCUT2D eigenvalue weighted by Gasteiger charge is 2.45. The van der Waals surface area contributed by atoms with Crippen LogP contribution in [0.3, 0.4) is 0 Å². The van der Waals surface area contributed by atoms with Gasteiger partial charge >= 0.3 is 0 Å². The third kappa shape index (κ3) is 7.02. The molecule has 2 aromatic carbocycles. The van der Waals surface area contributed by atoms with E-state index in [4.69, 9.17) is 10.5 Å². The van der Waals surface area contributed by atoms with Gasteiger partial charge in [-0.05, 0) is 60.7 Å². The summed E-state index contributed by atoms with van der Waals surface area (Å²) in [5, 5.41) is 24.9. The fraction of sp³-hybridized carbons (Fsp3) is 0.312. The zero-order valence-corrected chi connectivity index (χ0v) is 27.0. The number of carbonyl (C=O) groups is 3. The summed E-state index contributed by atoms with van der Waals surface area (Å²) in [7, 11) is 0. The number of hydrogen-bond acceptors (Lipinski definition) is 11. The maximum atomic E-state index is 13.8. The summed E-state index contributed by atoms with van der Waals surface area (Å²) in [5.74, 6) is -0.0823. The normalized spacial score (nSPS) is 17.4. The fourth-order valence-corrected chi connectivity index (χ4v) is 7.18. The van der Waals surface area contributed by atoms with E-state index in [1.165, 1.54) is 30.0 Å². The Morgan fingerprint density at radius 3 is 2.40 bits per heavy atom. The number of hydrogen-bond donors (Lipinski definition) is 3. The summed E-state index contributed by atoms with van der Waals surface area (Å²) < 4.78 is 6.12. The van der Waals surface area contributed by atoms with Crippen molar-refractivity contribution in [1.82, 2.24) is 10.2 Å². The van der Waals surface area contributed by atoms with Crippen LogP contribution in [0.5, 0.6) is 5.75 Å². The molecule has 45 heavy (non-hydrogen) atoms. The Kier molecular flexibility index (Phi) is 9.27. The van der Waals surface area contributed by atoms with Crippen LogP contribution in [-0.2, 0) is 14.4 Å². The maximum Gasteiger partial charge on any atom is 0.234 e. The standard InChI is InChI=1S/C32H33N7O4S2/c1-5-43-22-12-6-19(7-13-22)27-23(16-33)29(34)39(24-14-32(3,4)15-25(41)28(24)27)30-37-38-31(45-30)44-17-26(42)36-21-10-8-20(9-11-21)35-18(2)40/h6-13,27H,5,14-15,17,34H2,1-4H3,(H,35,40)(H,36,42). The van der Waals surface area contributed by atoms with Crippen LogP contribution in [0, 0.1) is 16.7 Å². The van der Waals surface area contributed by atoms with E-state index in [9.17, 15) is 19.6 Å². The lowest BCUT2D eigenvalue weighted by molar-refractivity contribution is -0.118. The molecule has 1 atom stereocenters. The van der Waals surface area contributed by atoms with E-state index in [2.05, 4.69) is 26.9 Å². The van der Waals surface area contributed by atoms with E-state index in [0.29, 0.717) is 57.3 Å². The van der Waals surface area contributed by atoms with Gasteiger partial charge in [-0.25, -0.2) is 0 Å². The average molecular weight is 644 g/mol. The van der Waals surface area contributed by atoms with Gasteiger partial charge in [-0.3, -0.25) is 19.3 Å². The van der Waals surface area contributed by atoms with Crippen molar-refractivity contribution in [2.45, 2.75) is 50.8 Å². The van der Waals surface area contributed by atoms with Crippen molar-refractivity contribution in [2.24, 2.45) is 11.1 Å². The zero-order chi connectivity index (χ0) is 32.3. The monoisotopic (exact) mass is 643 g/mol. The highest BCUT2D eigenvalue weighted by molar-refractivity contribution is 8.01. The number of amides is 2. The third-order valence-corrected chi connectivity index (χ3v) is 9.35. The number of aromatic nitrogens is 2. The predicted octanol–water partition coefficient (Wildman–Crippen LogP) is 5.57. The van der Waals surface area contributed by atoms with Gasteiger partial charge < -0.3 is 21.1 Å². The van der Waals surface area contributed by atoms with Crippen LogP contribution in [-0.4, -0.2) is 40.2 Å². The van der Waals surface area contributed by atoms with Gasteiger partial charge in [-0.2, -0.15) is 5.26 Å². The smallest absolute Gasteiger partial charge is 0.234 e. The molecule has 0 saturated carbocycles. The van der Waals surface area contributed by atoms with E-state index in [-0.39, 0.29) is 40.2 Å². The van der Waals surface area contributed by atoms with Crippen LogP contribution in [0.4, 0.5) is 16.5 Å². The number of nitriles is 1. The number of thioether (sulfide) groups is 1. The molecule has 1 aromatic heterocycles. The second-order valence-corrected chi connectivity index (χ2v) is 13.6. The number of Topliss-reactive ketones (excluding diaryl/α,β-unsaturated/α-hetero) is 1. The van der Waals surface area contributed by atoms with E-state index in [1.54, 1.807) is 29.2 Å². The second-order valence-electron chi connectivity index (χ2n) is 11.4. The highest BCUT2D eigenvalue weighted by Crippen LogP contribution is 2.50. The topological polar surface area (TPSA) is 163 Å². The number of ketones is 1. The average Bonchev–Trinajstić information content (AvgIpc) is 3.45. The van der Waals surface area contributed by atoms with Gasteiger partial charge in [0.1, 0.15) is 11.6 Å². The van der Waals surface area contributed by atoms with Crippen LogP contribution >= 0.6 is 23.1 Å². The Bertz CT molecular complexity index is 1740. The van der Waals surface area contributed by atoms with Crippen molar-refractivity contribution < 1.29 is 19.1 Å². The minimum atomic E-state index is -0.613. The number of ether oxygens (including phenoxy) is 1. The lowest BCUT2D eigenvalue weighted by Crippen LogP contribution is -2.42. The number of benzene rings is 2. The van der Waals surface area contributed by atoms with E-state index in [1.807, 2.05) is 45.0 Å². The molecule has 2 amide bonds. The first-order valence-electron chi connectivity index (χ1n) is 14.3. The van der Waals surface area contributed by atoms with Crippen molar-refractivity contribution in [1.29, 1.82) is 5.26 Å². The number of rotatable bonds is 9. The van der Waals surface area contributed by atoms with Gasteiger partial charge in [0.25, 0.3) is 0 Å². The van der Waals surface area contributed by atoms with Crippen LogP contribution in [0.25, 0.3) is 0 Å². The molecule has 2 heterocycles. The molecule has 0 spiro atoms. The second kappa shape index (κ2) is 13.1. The number of allylic oxidation sites excluding steroid dienone is 3. The molecule has 1 aliphatic carbocycles. The van der Waals surface area contributed by atoms with Gasteiger partial charge in [0.05, 0.1) is 29.9 Å². The van der Waals surface area contributed by atoms with Gasteiger partial charge in [0, 0.05) is 36.0 Å². The molecule has 0 radical (unpaired) electrons. The molecule has 13 heteroatoms. The van der Waals surface area contributed by atoms with Gasteiger partial charge in [-0.1, -0.05) is 49.1 Å². The minimum Gasteiger partial charge on any atom is -0.494 e. The fourth-order valence-electron chi connectivity index (χ4n) is 5.50. The van der Waals surface area contributed by atoms with E-state index < -0.39 is 5.92 Å². The molecule has 4 N–H and O–H groups in total. The highest BCUT2D eigenvalue weighted by atomic mass is 32.2. The molecular weight excluding hydrogens is 611 g/mol. The summed E-state index contributed by atoms with van der Waals surface area (Å²) in [6.45, 7) is 7.93. The minimum absolute atomic E-state index is 0.0359. The molecule has 1 unspecified atom stereocenters. The maximum absolute atomic E-state index is 13.8. The van der Waals surface area contributed by atoms with Gasteiger partial charge in [-0.15, -0.1) is 10.2 Å². The Balaban J connectivity index is 1.39. The van der Waals surface area contributed by atoms with Crippen LogP contribution in [0.15, 0.2) is 75.5 Å². The van der Waals surface area contributed by atoms with Crippen LogP contribution in [0.1, 0.15) is 52.0 Å². The SMILES string of the molecule is CCOc1ccc(C2C(C#N)=C(N)N(c3nnc(SCC(=O)Nc4ccc(NC(C)=O)cc4)s3)C3=C2C(=O)CC(C)(C)C3)cc1. The van der Waals surface area contributed by atoms with Gasteiger partial charge in [0.15, 0.2) is 10.1 Å². The summed E-state index contributed by atoms with van der Waals surface area (Å²) in [6.07, 6.45) is 0.889. The number of carbonyl (C=O) groups excluding carboxylic acids is 3. The Morgan fingerprint density at radius 2 is 1.78 bits per heavy atom. The number of nitrogens with one attached hydrogen (secondary N) is 2. The van der Waals surface area contributed by atoms with Crippen molar-refractivity contribution in [3.05, 3.63) is 76.8 Å². The molecule has 0 saturated heterocycles. The molecule has 11 nitrogen and oxygen atoms in total. The number of nitrogens with zero attached hydrogens (tertiary/aromatic N) is 4. The molecule has 0 fully saturated rings. The summed E-state index contributed by atoms with van der Waals surface area (Å²) >= 11 is 2.45. The van der Waals surface area contributed by atoms with Gasteiger partial charge in [0.2, 0.25) is 16.9 Å². The first-order chi connectivity index (χ1) is 21.5. The Labute approximate surface area is 269 Å². The predicted molar refractivity (Wildman–Crippen MR) is 175 cm³/mol. The molecule has 3 aromatic rings. The number of anilines is 3. The van der Waals surface area contributed by atoms with Crippen LogP contribution < -0.4 is 26.0 Å². The number of nitrogens with two attached hydrogens (primary N) is 1. The Morgan fingerprint density at radius 1 is 1.11 bits per heavy atom. The third-order valence-electron chi connectivity index (χ3n) is 7.31. The molecule has 1 aliphatic heterocycles.